The van der Waals surface area contributed by atoms with Gasteiger partial charge in [-0.2, -0.15) is 10.1 Å². The van der Waals surface area contributed by atoms with Gasteiger partial charge in [0.2, 0.25) is 5.95 Å². The first-order valence-electron chi connectivity index (χ1n) is 9.42. The van der Waals surface area contributed by atoms with Crippen molar-refractivity contribution in [2.75, 3.05) is 24.3 Å². The Kier molecular flexibility index (Phi) is 4.73. The molecule has 2 aromatic heterocycles. The molecule has 26 heavy (non-hydrogen) atoms. The average Bonchev–Trinajstić information content (AvgIpc) is 3.05. The van der Waals surface area contributed by atoms with Crippen LogP contribution in [-0.4, -0.2) is 33.8 Å². The Morgan fingerprint density at radius 2 is 1.85 bits per heavy atom. The number of aromatic nitrogens is 4. The number of hydrogen-bond acceptors (Lipinski definition) is 5. The summed E-state index contributed by atoms with van der Waals surface area (Å²) in [5.74, 6) is 1.33. The summed E-state index contributed by atoms with van der Waals surface area (Å²) in [6, 6.07) is 8.24. The van der Waals surface area contributed by atoms with Crippen LogP contribution in [0.2, 0.25) is 0 Å². The fraction of sp³-hybridized carbons (Fsp3) is 0.450. The van der Waals surface area contributed by atoms with Crippen molar-refractivity contribution in [2.24, 2.45) is 5.92 Å². The molecule has 0 amide bonds. The molecule has 0 aliphatic heterocycles. The van der Waals surface area contributed by atoms with Crippen molar-refractivity contribution in [1.82, 2.24) is 19.7 Å². The van der Waals surface area contributed by atoms with E-state index >= 15 is 0 Å². The zero-order valence-electron chi connectivity index (χ0n) is 15.5. The van der Waals surface area contributed by atoms with Crippen LogP contribution >= 0.6 is 0 Å². The van der Waals surface area contributed by atoms with Crippen LogP contribution in [0.4, 0.5) is 17.3 Å². The molecule has 0 radical (unpaired) electrons. The minimum atomic E-state index is 0.612. The van der Waals surface area contributed by atoms with E-state index in [-0.39, 0.29) is 0 Å². The molecule has 3 aromatic rings. The predicted molar refractivity (Wildman–Crippen MR) is 106 cm³/mol. The first kappa shape index (κ1) is 16.8. The van der Waals surface area contributed by atoms with Crippen molar-refractivity contribution >= 4 is 28.4 Å². The van der Waals surface area contributed by atoms with Crippen LogP contribution in [0.15, 0.2) is 36.7 Å². The van der Waals surface area contributed by atoms with E-state index in [1.807, 2.05) is 43.3 Å². The number of fused-ring (bicyclic) bond motifs is 1. The second-order valence-electron chi connectivity index (χ2n) is 7.37. The van der Waals surface area contributed by atoms with Crippen LogP contribution in [0.3, 0.4) is 0 Å². The maximum atomic E-state index is 4.72. The fourth-order valence-corrected chi connectivity index (χ4v) is 3.65. The summed E-state index contributed by atoms with van der Waals surface area (Å²) in [6.45, 7) is 0.956. The third-order valence-corrected chi connectivity index (χ3v) is 5.17. The van der Waals surface area contributed by atoms with Gasteiger partial charge >= 0.3 is 0 Å². The van der Waals surface area contributed by atoms with Gasteiger partial charge in [-0.15, -0.1) is 0 Å². The van der Waals surface area contributed by atoms with Crippen LogP contribution in [-0.2, 0) is 6.54 Å². The fourth-order valence-electron chi connectivity index (χ4n) is 3.65. The third-order valence-electron chi connectivity index (χ3n) is 5.17. The number of rotatable bonds is 5. The molecule has 2 heterocycles. The van der Waals surface area contributed by atoms with Crippen molar-refractivity contribution in [3.8, 4) is 0 Å². The summed E-state index contributed by atoms with van der Waals surface area (Å²) in [5.41, 5.74) is 3.06. The molecule has 0 unspecified atom stereocenters. The smallest absolute Gasteiger partial charge is 0.229 e. The highest BCUT2D eigenvalue weighted by atomic mass is 15.3. The third kappa shape index (κ3) is 3.64. The molecule has 6 nitrogen and oxygen atoms in total. The SMILES string of the molecule is CN(C)c1ccc(Nc2ncc3cnn(CC4CCCCC4)c3n2)cc1. The van der Waals surface area contributed by atoms with Crippen LogP contribution in [0.1, 0.15) is 32.1 Å². The highest BCUT2D eigenvalue weighted by molar-refractivity contribution is 5.75. The summed E-state index contributed by atoms with van der Waals surface area (Å²) in [5, 5.41) is 8.85. The van der Waals surface area contributed by atoms with Gasteiger partial charge in [0.05, 0.1) is 11.6 Å². The quantitative estimate of drug-likeness (QED) is 0.747. The van der Waals surface area contributed by atoms with E-state index in [2.05, 4.69) is 32.4 Å². The molecule has 0 atom stereocenters. The van der Waals surface area contributed by atoms with Gasteiger partial charge in [0, 0.05) is 38.2 Å². The molecule has 1 aliphatic rings. The lowest BCUT2D eigenvalue weighted by atomic mass is 9.89. The molecule has 0 spiro atoms. The van der Waals surface area contributed by atoms with E-state index in [4.69, 9.17) is 4.98 Å². The van der Waals surface area contributed by atoms with Gasteiger partial charge in [0.15, 0.2) is 5.65 Å². The number of nitrogens with zero attached hydrogens (tertiary/aromatic N) is 5. The summed E-state index contributed by atoms with van der Waals surface area (Å²) >= 11 is 0. The Hall–Kier alpha value is -2.63. The molecular formula is C20H26N6. The maximum absolute atomic E-state index is 4.72. The Balaban J connectivity index is 1.53. The molecule has 1 aromatic carbocycles. The van der Waals surface area contributed by atoms with Gasteiger partial charge in [-0.3, -0.25) is 0 Å². The van der Waals surface area contributed by atoms with E-state index in [0.29, 0.717) is 5.95 Å². The van der Waals surface area contributed by atoms with Gasteiger partial charge in [-0.25, -0.2) is 9.67 Å². The summed E-state index contributed by atoms with van der Waals surface area (Å²) < 4.78 is 2.05. The maximum Gasteiger partial charge on any atom is 0.229 e. The monoisotopic (exact) mass is 350 g/mol. The molecule has 0 bridgehead atoms. The Morgan fingerprint density at radius 1 is 1.08 bits per heavy atom. The lowest BCUT2D eigenvalue weighted by molar-refractivity contribution is 0.311. The van der Waals surface area contributed by atoms with Crippen LogP contribution in [0.5, 0.6) is 0 Å². The molecule has 1 saturated carbocycles. The van der Waals surface area contributed by atoms with E-state index in [1.54, 1.807) is 0 Å². The Morgan fingerprint density at radius 3 is 2.58 bits per heavy atom. The van der Waals surface area contributed by atoms with Gasteiger partial charge < -0.3 is 10.2 Å². The van der Waals surface area contributed by atoms with E-state index in [1.165, 1.54) is 32.1 Å². The Labute approximate surface area is 154 Å². The topological polar surface area (TPSA) is 58.9 Å². The van der Waals surface area contributed by atoms with Crippen LogP contribution < -0.4 is 10.2 Å². The minimum Gasteiger partial charge on any atom is -0.378 e. The highest BCUT2D eigenvalue weighted by Gasteiger charge is 2.16. The first-order chi connectivity index (χ1) is 12.7. The van der Waals surface area contributed by atoms with Gasteiger partial charge in [-0.1, -0.05) is 19.3 Å². The molecule has 4 rings (SSSR count). The minimum absolute atomic E-state index is 0.612. The van der Waals surface area contributed by atoms with E-state index in [0.717, 1.165) is 34.9 Å². The van der Waals surface area contributed by atoms with Crippen molar-refractivity contribution in [2.45, 2.75) is 38.6 Å². The number of hydrogen-bond donors (Lipinski definition) is 1. The number of nitrogens with one attached hydrogen (secondary N) is 1. The standard InChI is InChI=1S/C20H26N6/c1-25(2)18-10-8-17(9-11-18)23-20-21-12-16-13-22-26(19(16)24-20)14-15-6-4-3-5-7-15/h8-13,15H,3-7,14H2,1-2H3,(H,21,23,24). The van der Waals surface area contributed by atoms with Gasteiger partial charge in [0.25, 0.3) is 0 Å². The predicted octanol–water partition coefficient (Wildman–Crippen LogP) is 4.22. The number of benzene rings is 1. The van der Waals surface area contributed by atoms with E-state index in [9.17, 15) is 0 Å². The highest BCUT2D eigenvalue weighted by Crippen LogP contribution is 2.26. The largest absolute Gasteiger partial charge is 0.378 e. The van der Waals surface area contributed by atoms with Crippen molar-refractivity contribution in [1.29, 1.82) is 0 Å². The van der Waals surface area contributed by atoms with Gasteiger partial charge in [0.1, 0.15) is 0 Å². The van der Waals surface area contributed by atoms with Crippen LogP contribution in [0, 0.1) is 5.92 Å². The first-order valence-corrected chi connectivity index (χ1v) is 9.42. The molecule has 6 heteroatoms. The lowest BCUT2D eigenvalue weighted by Gasteiger charge is -2.21. The summed E-state index contributed by atoms with van der Waals surface area (Å²) in [7, 11) is 4.07. The second kappa shape index (κ2) is 7.32. The normalized spacial score (nSPS) is 15.3. The summed E-state index contributed by atoms with van der Waals surface area (Å²) in [6.07, 6.45) is 10.4. The van der Waals surface area contributed by atoms with Crippen molar-refractivity contribution in [3.63, 3.8) is 0 Å². The Bertz CT molecular complexity index is 862. The number of anilines is 3. The lowest BCUT2D eigenvalue weighted by Crippen LogP contribution is -2.15. The zero-order chi connectivity index (χ0) is 17.9. The van der Waals surface area contributed by atoms with Crippen molar-refractivity contribution in [3.05, 3.63) is 36.7 Å². The van der Waals surface area contributed by atoms with Crippen LogP contribution in [0.25, 0.3) is 11.0 Å². The summed E-state index contributed by atoms with van der Waals surface area (Å²) in [4.78, 5) is 11.2. The second-order valence-corrected chi connectivity index (χ2v) is 7.37. The van der Waals surface area contributed by atoms with Gasteiger partial charge in [-0.05, 0) is 43.0 Å². The molecule has 1 aliphatic carbocycles. The average molecular weight is 350 g/mol. The molecule has 1 fully saturated rings. The molecule has 136 valence electrons. The molecule has 1 N–H and O–H groups in total. The molecule has 0 saturated heterocycles. The van der Waals surface area contributed by atoms with E-state index < -0.39 is 0 Å². The molecular weight excluding hydrogens is 324 g/mol. The zero-order valence-corrected chi connectivity index (χ0v) is 15.5. The van der Waals surface area contributed by atoms with Crippen molar-refractivity contribution < 1.29 is 0 Å².